The molecule has 0 radical (unpaired) electrons. The SMILES string of the molecule is Cc1cccc(C)c1-c1nnc2ccc(C(=O)O)cn12. The van der Waals surface area contributed by atoms with Crippen LogP contribution in [0.1, 0.15) is 21.5 Å². The van der Waals surface area contributed by atoms with E-state index in [1.54, 1.807) is 16.7 Å². The second kappa shape index (κ2) is 4.45. The first-order chi connectivity index (χ1) is 9.58. The number of nitrogens with zero attached hydrogens (tertiary/aromatic N) is 3. The van der Waals surface area contributed by atoms with Gasteiger partial charge in [0.05, 0.1) is 5.56 Å². The number of rotatable bonds is 2. The standard InChI is InChI=1S/C15H13N3O2/c1-9-4-3-5-10(2)13(9)14-17-16-12-7-6-11(15(19)20)8-18(12)14/h3-8H,1-2H3,(H,19,20). The highest BCUT2D eigenvalue weighted by Gasteiger charge is 2.14. The minimum absolute atomic E-state index is 0.213. The number of fused-ring (bicyclic) bond motifs is 1. The molecule has 3 aromatic rings. The van der Waals surface area contributed by atoms with Crippen molar-refractivity contribution in [2.24, 2.45) is 0 Å². The summed E-state index contributed by atoms with van der Waals surface area (Å²) in [6.07, 6.45) is 1.55. The third kappa shape index (κ3) is 1.84. The van der Waals surface area contributed by atoms with Crippen LogP contribution < -0.4 is 0 Å². The lowest BCUT2D eigenvalue weighted by atomic mass is 10.0. The Morgan fingerprint density at radius 3 is 2.45 bits per heavy atom. The van der Waals surface area contributed by atoms with E-state index < -0.39 is 5.97 Å². The van der Waals surface area contributed by atoms with Gasteiger partial charge in [-0.15, -0.1) is 10.2 Å². The molecule has 1 N–H and O–H groups in total. The van der Waals surface area contributed by atoms with Gasteiger partial charge in [-0.05, 0) is 37.1 Å². The van der Waals surface area contributed by atoms with E-state index in [4.69, 9.17) is 5.11 Å². The molecule has 0 aliphatic rings. The molecule has 0 saturated carbocycles. The second-order valence-corrected chi connectivity index (χ2v) is 4.74. The first kappa shape index (κ1) is 12.3. The third-order valence-electron chi connectivity index (χ3n) is 3.35. The first-order valence-corrected chi connectivity index (χ1v) is 6.22. The molecule has 0 spiro atoms. The predicted molar refractivity (Wildman–Crippen MR) is 74.9 cm³/mol. The summed E-state index contributed by atoms with van der Waals surface area (Å²) in [4.78, 5) is 11.1. The Bertz CT molecular complexity index is 801. The zero-order valence-corrected chi connectivity index (χ0v) is 11.2. The molecule has 0 fully saturated rings. The molecule has 0 saturated heterocycles. The van der Waals surface area contributed by atoms with Gasteiger partial charge in [0.1, 0.15) is 0 Å². The number of aromatic nitrogens is 3. The summed E-state index contributed by atoms with van der Waals surface area (Å²) in [5.74, 6) is -0.299. The Labute approximate surface area is 115 Å². The van der Waals surface area contributed by atoms with Gasteiger partial charge in [0.25, 0.3) is 0 Å². The number of carboxylic acids is 1. The van der Waals surface area contributed by atoms with E-state index in [2.05, 4.69) is 10.2 Å². The van der Waals surface area contributed by atoms with Crippen LogP contribution >= 0.6 is 0 Å². The zero-order valence-electron chi connectivity index (χ0n) is 11.2. The first-order valence-electron chi connectivity index (χ1n) is 6.22. The van der Waals surface area contributed by atoms with Gasteiger partial charge in [-0.1, -0.05) is 18.2 Å². The van der Waals surface area contributed by atoms with Gasteiger partial charge in [-0.3, -0.25) is 4.40 Å². The number of hydrogen-bond donors (Lipinski definition) is 1. The van der Waals surface area contributed by atoms with Gasteiger partial charge in [-0.25, -0.2) is 4.79 Å². The maximum absolute atomic E-state index is 11.1. The van der Waals surface area contributed by atoms with Crippen molar-refractivity contribution in [1.82, 2.24) is 14.6 Å². The number of aryl methyl sites for hydroxylation is 2. The summed E-state index contributed by atoms with van der Waals surface area (Å²) in [7, 11) is 0. The quantitative estimate of drug-likeness (QED) is 0.775. The molecule has 0 aliphatic heterocycles. The van der Waals surface area contributed by atoms with E-state index in [0.717, 1.165) is 16.7 Å². The largest absolute Gasteiger partial charge is 0.478 e. The molecule has 0 unspecified atom stereocenters. The van der Waals surface area contributed by atoms with Crippen LogP contribution in [0.3, 0.4) is 0 Å². The lowest BCUT2D eigenvalue weighted by Gasteiger charge is -2.08. The van der Waals surface area contributed by atoms with Gasteiger partial charge < -0.3 is 5.11 Å². The smallest absolute Gasteiger partial charge is 0.337 e. The van der Waals surface area contributed by atoms with Crippen LogP contribution in [0.15, 0.2) is 36.5 Å². The third-order valence-corrected chi connectivity index (χ3v) is 3.35. The van der Waals surface area contributed by atoms with Gasteiger partial charge in [0.2, 0.25) is 0 Å². The van der Waals surface area contributed by atoms with E-state index >= 15 is 0 Å². The molecule has 0 amide bonds. The summed E-state index contributed by atoms with van der Waals surface area (Å²) < 4.78 is 1.72. The van der Waals surface area contributed by atoms with Crippen LogP contribution in [0.25, 0.3) is 17.0 Å². The van der Waals surface area contributed by atoms with Crippen molar-refractivity contribution >= 4 is 11.6 Å². The van der Waals surface area contributed by atoms with E-state index in [9.17, 15) is 4.79 Å². The molecule has 5 heteroatoms. The van der Waals surface area contributed by atoms with Crippen molar-refractivity contribution < 1.29 is 9.90 Å². The average molecular weight is 267 g/mol. The van der Waals surface area contributed by atoms with Crippen LogP contribution in [0.5, 0.6) is 0 Å². The van der Waals surface area contributed by atoms with E-state index in [-0.39, 0.29) is 5.56 Å². The normalized spacial score (nSPS) is 10.9. The maximum Gasteiger partial charge on any atom is 0.337 e. The molecule has 2 aromatic heterocycles. The van der Waals surface area contributed by atoms with Crippen LogP contribution in [0.4, 0.5) is 0 Å². The molecular weight excluding hydrogens is 254 g/mol. The highest BCUT2D eigenvalue weighted by Crippen LogP contribution is 2.26. The highest BCUT2D eigenvalue weighted by molar-refractivity contribution is 5.87. The fourth-order valence-electron chi connectivity index (χ4n) is 2.35. The van der Waals surface area contributed by atoms with E-state index in [1.807, 2.05) is 32.0 Å². The van der Waals surface area contributed by atoms with E-state index in [1.165, 1.54) is 6.07 Å². The molecule has 20 heavy (non-hydrogen) atoms. The minimum atomic E-state index is -0.965. The summed E-state index contributed by atoms with van der Waals surface area (Å²) in [6, 6.07) is 9.18. The monoisotopic (exact) mass is 267 g/mol. The second-order valence-electron chi connectivity index (χ2n) is 4.74. The number of aromatic carboxylic acids is 1. The molecule has 3 rings (SSSR count). The van der Waals surface area contributed by atoms with Crippen molar-refractivity contribution in [3.8, 4) is 11.4 Å². The van der Waals surface area contributed by atoms with Crippen LogP contribution in [-0.4, -0.2) is 25.7 Å². The van der Waals surface area contributed by atoms with Gasteiger partial charge in [0, 0.05) is 11.8 Å². The fourth-order valence-corrected chi connectivity index (χ4v) is 2.35. The van der Waals surface area contributed by atoms with Gasteiger partial charge in [-0.2, -0.15) is 0 Å². The number of pyridine rings is 1. The maximum atomic E-state index is 11.1. The molecule has 1 aromatic carbocycles. The topological polar surface area (TPSA) is 67.5 Å². The number of benzene rings is 1. The van der Waals surface area contributed by atoms with Gasteiger partial charge in [0.15, 0.2) is 11.5 Å². The average Bonchev–Trinajstić information content (AvgIpc) is 2.81. The number of carboxylic acid groups (broad SMARTS) is 1. The molecule has 0 bridgehead atoms. The van der Waals surface area contributed by atoms with Crippen LogP contribution in [-0.2, 0) is 0 Å². The molecule has 2 heterocycles. The fraction of sp³-hybridized carbons (Fsp3) is 0.133. The van der Waals surface area contributed by atoms with Gasteiger partial charge >= 0.3 is 5.97 Å². The molecule has 0 atom stereocenters. The summed E-state index contributed by atoms with van der Waals surface area (Å²) in [5, 5.41) is 17.4. The molecular formula is C15H13N3O2. The Morgan fingerprint density at radius 1 is 1.10 bits per heavy atom. The van der Waals surface area contributed by atoms with Crippen LogP contribution in [0, 0.1) is 13.8 Å². The lowest BCUT2D eigenvalue weighted by molar-refractivity contribution is 0.0696. The highest BCUT2D eigenvalue weighted by atomic mass is 16.4. The molecule has 5 nitrogen and oxygen atoms in total. The summed E-state index contributed by atoms with van der Waals surface area (Å²) in [6.45, 7) is 4.01. The van der Waals surface area contributed by atoms with Crippen molar-refractivity contribution in [3.63, 3.8) is 0 Å². The van der Waals surface area contributed by atoms with E-state index in [0.29, 0.717) is 11.5 Å². The number of hydrogen-bond acceptors (Lipinski definition) is 3. The van der Waals surface area contributed by atoms with Crippen molar-refractivity contribution in [3.05, 3.63) is 53.2 Å². The zero-order chi connectivity index (χ0) is 14.3. The molecule has 100 valence electrons. The predicted octanol–water partition coefficient (Wildman–Crippen LogP) is 2.71. The Balaban J connectivity index is 2.31. The van der Waals surface area contributed by atoms with Crippen LogP contribution in [0.2, 0.25) is 0 Å². The Morgan fingerprint density at radius 2 is 1.80 bits per heavy atom. The summed E-state index contributed by atoms with van der Waals surface area (Å²) >= 11 is 0. The summed E-state index contributed by atoms with van der Waals surface area (Å²) in [5.41, 5.74) is 4.00. The van der Waals surface area contributed by atoms with Crippen molar-refractivity contribution in [2.75, 3.05) is 0 Å². The number of carbonyl (C=O) groups is 1. The minimum Gasteiger partial charge on any atom is -0.478 e. The van der Waals surface area contributed by atoms with Crippen molar-refractivity contribution in [2.45, 2.75) is 13.8 Å². The Kier molecular flexibility index (Phi) is 2.75. The molecule has 0 aliphatic carbocycles. The van der Waals surface area contributed by atoms with Crippen molar-refractivity contribution in [1.29, 1.82) is 0 Å². The Hall–Kier alpha value is -2.69. The lowest BCUT2D eigenvalue weighted by Crippen LogP contribution is -2.00.